The van der Waals surface area contributed by atoms with E-state index in [-0.39, 0.29) is 12.1 Å². The average molecular weight is 300 g/mol. The molecular weight excluding hydrogens is 272 g/mol. The van der Waals surface area contributed by atoms with Gasteiger partial charge in [0.05, 0.1) is 0 Å². The van der Waals surface area contributed by atoms with Crippen LogP contribution in [0.3, 0.4) is 0 Å². The molecule has 2 rings (SSSR count). The fourth-order valence-electron chi connectivity index (χ4n) is 2.94. The second kappa shape index (κ2) is 7.62. The van der Waals surface area contributed by atoms with Crippen LogP contribution < -0.4 is 0 Å². The van der Waals surface area contributed by atoms with Gasteiger partial charge in [0.2, 0.25) is 0 Å². The van der Waals surface area contributed by atoms with Crippen LogP contribution in [0.25, 0.3) is 0 Å². The van der Waals surface area contributed by atoms with Gasteiger partial charge in [-0.05, 0) is 51.5 Å². The Balaban J connectivity index is 2.23. The lowest BCUT2D eigenvalue weighted by Gasteiger charge is -2.12. The molecule has 0 fully saturated rings. The zero-order valence-corrected chi connectivity index (χ0v) is 14.3. The van der Waals surface area contributed by atoms with E-state index in [1.807, 2.05) is 6.08 Å². The van der Waals surface area contributed by atoms with Gasteiger partial charge in [-0.25, -0.2) is 4.79 Å². The van der Waals surface area contributed by atoms with Gasteiger partial charge in [-0.1, -0.05) is 48.8 Å². The quantitative estimate of drug-likeness (QED) is 0.486. The number of esters is 1. The molecule has 2 bridgehead atoms. The largest absolute Gasteiger partial charge is 0.454 e. The SMILES string of the molecule is C/C1=C\CCC2=C[C@H](C/C(C)=C/C=C(/C(C)C)CC1)OC2=O. The maximum atomic E-state index is 11.9. The first kappa shape index (κ1) is 16.8. The molecule has 0 aromatic heterocycles. The van der Waals surface area contributed by atoms with Crippen LogP contribution in [-0.2, 0) is 9.53 Å². The first-order chi connectivity index (χ1) is 10.5. The second-order valence-electron chi connectivity index (χ2n) is 6.84. The Bertz CT molecular complexity index is 544. The van der Waals surface area contributed by atoms with E-state index in [1.165, 1.54) is 16.7 Å². The van der Waals surface area contributed by atoms with E-state index in [2.05, 4.69) is 45.9 Å². The highest BCUT2D eigenvalue weighted by Gasteiger charge is 2.24. The number of hydrogen-bond acceptors (Lipinski definition) is 2. The molecule has 0 saturated carbocycles. The highest BCUT2D eigenvalue weighted by Crippen LogP contribution is 2.25. The Morgan fingerprint density at radius 1 is 1.09 bits per heavy atom. The third-order valence-corrected chi connectivity index (χ3v) is 4.47. The van der Waals surface area contributed by atoms with Crippen molar-refractivity contribution < 1.29 is 9.53 Å². The van der Waals surface area contributed by atoms with Gasteiger partial charge in [-0.2, -0.15) is 0 Å². The summed E-state index contributed by atoms with van der Waals surface area (Å²) in [6.45, 7) is 8.82. The topological polar surface area (TPSA) is 26.3 Å². The van der Waals surface area contributed by atoms with Crippen molar-refractivity contribution in [1.82, 2.24) is 0 Å². The van der Waals surface area contributed by atoms with Crippen molar-refractivity contribution in [2.24, 2.45) is 5.92 Å². The third kappa shape index (κ3) is 4.72. The van der Waals surface area contributed by atoms with Crippen molar-refractivity contribution in [1.29, 1.82) is 0 Å². The number of fused-ring (bicyclic) bond motifs is 1. The molecule has 1 atom stereocenters. The minimum absolute atomic E-state index is 0.0809. The van der Waals surface area contributed by atoms with Crippen molar-refractivity contribution in [3.63, 3.8) is 0 Å². The number of allylic oxidation sites excluding steroid dienone is 5. The summed E-state index contributed by atoms with van der Waals surface area (Å²) in [5, 5.41) is 0. The summed E-state index contributed by atoms with van der Waals surface area (Å²) >= 11 is 0. The molecule has 2 nitrogen and oxygen atoms in total. The Morgan fingerprint density at radius 2 is 1.86 bits per heavy atom. The monoisotopic (exact) mass is 300 g/mol. The van der Waals surface area contributed by atoms with Crippen LogP contribution in [-0.4, -0.2) is 12.1 Å². The van der Waals surface area contributed by atoms with Crippen molar-refractivity contribution in [3.8, 4) is 0 Å². The molecule has 1 aliphatic heterocycles. The lowest BCUT2D eigenvalue weighted by atomic mass is 9.94. The molecule has 0 aromatic rings. The summed E-state index contributed by atoms with van der Waals surface area (Å²) in [6, 6.07) is 0. The van der Waals surface area contributed by atoms with Gasteiger partial charge in [0.1, 0.15) is 6.10 Å². The van der Waals surface area contributed by atoms with Gasteiger partial charge in [0.25, 0.3) is 0 Å². The number of ether oxygens (including phenoxy) is 1. The highest BCUT2D eigenvalue weighted by atomic mass is 16.5. The maximum Gasteiger partial charge on any atom is 0.334 e. The number of hydrogen-bond donors (Lipinski definition) is 0. The first-order valence-electron chi connectivity index (χ1n) is 8.39. The van der Waals surface area contributed by atoms with E-state index in [0.717, 1.165) is 37.7 Å². The van der Waals surface area contributed by atoms with Gasteiger partial charge in [-0.15, -0.1) is 0 Å². The van der Waals surface area contributed by atoms with Gasteiger partial charge in [-0.3, -0.25) is 0 Å². The number of rotatable bonds is 1. The number of carbonyl (C=O) groups is 1. The van der Waals surface area contributed by atoms with Crippen LogP contribution in [0.5, 0.6) is 0 Å². The van der Waals surface area contributed by atoms with Crippen LogP contribution in [0.2, 0.25) is 0 Å². The summed E-state index contributed by atoms with van der Waals surface area (Å²) in [5.41, 5.74) is 5.01. The van der Waals surface area contributed by atoms with E-state index < -0.39 is 0 Å². The Kier molecular flexibility index (Phi) is 5.82. The van der Waals surface area contributed by atoms with E-state index in [0.29, 0.717) is 5.92 Å². The molecule has 2 heteroatoms. The summed E-state index contributed by atoms with van der Waals surface area (Å²) in [6.07, 6.45) is 13.4. The Morgan fingerprint density at radius 3 is 2.59 bits per heavy atom. The van der Waals surface area contributed by atoms with Gasteiger partial charge in [0, 0.05) is 12.0 Å². The Hall–Kier alpha value is -1.57. The van der Waals surface area contributed by atoms with E-state index in [1.54, 1.807) is 0 Å². The molecule has 0 radical (unpaired) electrons. The van der Waals surface area contributed by atoms with Gasteiger partial charge in [0.15, 0.2) is 0 Å². The molecule has 0 unspecified atom stereocenters. The maximum absolute atomic E-state index is 11.9. The second-order valence-corrected chi connectivity index (χ2v) is 6.84. The van der Waals surface area contributed by atoms with Crippen LogP contribution in [0.15, 0.2) is 46.6 Å². The normalized spacial score (nSPS) is 31.1. The first-order valence-corrected chi connectivity index (χ1v) is 8.39. The summed E-state index contributed by atoms with van der Waals surface area (Å²) in [5.74, 6) is 0.442. The smallest absolute Gasteiger partial charge is 0.334 e. The fraction of sp³-hybridized carbons (Fsp3) is 0.550. The summed E-state index contributed by atoms with van der Waals surface area (Å²) in [7, 11) is 0. The van der Waals surface area contributed by atoms with Crippen molar-refractivity contribution >= 4 is 5.97 Å². The van der Waals surface area contributed by atoms with Crippen LogP contribution in [0.1, 0.15) is 59.8 Å². The van der Waals surface area contributed by atoms with Crippen LogP contribution in [0, 0.1) is 5.92 Å². The van der Waals surface area contributed by atoms with E-state index in [4.69, 9.17) is 4.74 Å². The minimum Gasteiger partial charge on any atom is -0.454 e. The summed E-state index contributed by atoms with van der Waals surface area (Å²) in [4.78, 5) is 11.9. The van der Waals surface area contributed by atoms with Crippen LogP contribution >= 0.6 is 0 Å². The lowest BCUT2D eigenvalue weighted by molar-refractivity contribution is -0.139. The van der Waals surface area contributed by atoms with Crippen molar-refractivity contribution in [2.75, 3.05) is 0 Å². The van der Waals surface area contributed by atoms with Gasteiger partial charge < -0.3 is 4.74 Å². The molecule has 2 aliphatic rings. The molecular formula is C20H28O2. The van der Waals surface area contributed by atoms with Crippen molar-refractivity contribution in [3.05, 3.63) is 46.6 Å². The standard InChI is InChI=1S/C20H28O2/c1-14(2)17-10-8-15(3)6-5-7-18-13-19(22-20(18)21)12-16(4)9-11-17/h6,9,11,13-14,19H,5,7-8,10,12H2,1-4H3/b15-6+,16-9+,17-11+/t19-/m0/s1. The zero-order valence-electron chi connectivity index (χ0n) is 14.3. The van der Waals surface area contributed by atoms with E-state index in [9.17, 15) is 4.79 Å². The third-order valence-electron chi connectivity index (χ3n) is 4.47. The molecule has 22 heavy (non-hydrogen) atoms. The fourth-order valence-corrected chi connectivity index (χ4v) is 2.94. The minimum atomic E-state index is -0.128. The molecule has 1 heterocycles. The average Bonchev–Trinajstić information content (AvgIpc) is 2.77. The van der Waals surface area contributed by atoms with Crippen LogP contribution in [0.4, 0.5) is 0 Å². The lowest BCUT2D eigenvalue weighted by Crippen LogP contribution is -2.08. The highest BCUT2D eigenvalue weighted by molar-refractivity contribution is 5.90. The molecule has 0 N–H and O–H groups in total. The van der Waals surface area contributed by atoms with Crippen molar-refractivity contribution in [2.45, 2.75) is 65.9 Å². The zero-order chi connectivity index (χ0) is 16.1. The molecule has 0 saturated heterocycles. The molecule has 0 spiro atoms. The molecule has 120 valence electrons. The molecule has 1 aliphatic carbocycles. The predicted molar refractivity (Wildman–Crippen MR) is 91.5 cm³/mol. The molecule has 0 amide bonds. The van der Waals surface area contributed by atoms with Gasteiger partial charge >= 0.3 is 5.97 Å². The Labute approximate surface area is 134 Å². The summed E-state index contributed by atoms with van der Waals surface area (Å²) < 4.78 is 5.46. The van der Waals surface area contributed by atoms with E-state index >= 15 is 0 Å². The molecule has 0 aromatic carbocycles. The number of carbonyl (C=O) groups excluding carboxylic acids is 1. The predicted octanol–water partition coefficient (Wildman–Crippen LogP) is 5.28.